The topological polar surface area (TPSA) is 67.9 Å². The van der Waals surface area contributed by atoms with Crippen molar-refractivity contribution in [2.24, 2.45) is 5.92 Å². The highest BCUT2D eigenvalue weighted by atomic mass is 16.5. The quantitative estimate of drug-likeness (QED) is 0.714. The molecule has 0 aromatic heterocycles. The van der Waals surface area contributed by atoms with Crippen molar-refractivity contribution in [2.45, 2.75) is 19.4 Å². The van der Waals surface area contributed by atoms with Crippen LogP contribution in [0.1, 0.15) is 24.0 Å². The van der Waals surface area contributed by atoms with Gasteiger partial charge in [0.15, 0.2) is 0 Å². The summed E-state index contributed by atoms with van der Waals surface area (Å²) in [5.74, 6) is 1.31. The summed E-state index contributed by atoms with van der Waals surface area (Å²) in [7, 11) is 3.19. The molecule has 0 bridgehead atoms. The van der Waals surface area contributed by atoms with Crippen molar-refractivity contribution in [2.75, 3.05) is 27.3 Å². The fourth-order valence-electron chi connectivity index (χ4n) is 3.53. The van der Waals surface area contributed by atoms with E-state index in [1.165, 1.54) is 0 Å². The van der Waals surface area contributed by atoms with Crippen molar-refractivity contribution in [3.8, 4) is 11.5 Å². The normalized spacial score (nSPS) is 14.5. The Morgan fingerprint density at radius 2 is 1.80 bits per heavy atom. The molecule has 0 unspecified atom stereocenters. The number of piperidine rings is 1. The fourth-order valence-corrected chi connectivity index (χ4v) is 3.53. The summed E-state index contributed by atoms with van der Waals surface area (Å²) >= 11 is 0. The zero-order valence-corrected chi connectivity index (χ0v) is 17.5. The number of benzene rings is 2. The Balaban J connectivity index is 1.50. The molecule has 2 aromatic rings. The minimum absolute atomic E-state index is 0.0554. The van der Waals surface area contributed by atoms with Crippen LogP contribution >= 0.6 is 0 Å². The highest BCUT2D eigenvalue weighted by molar-refractivity contribution is 5.92. The number of nitrogens with one attached hydrogen (secondary N) is 1. The van der Waals surface area contributed by atoms with Gasteiger partial charge in [-0.25, -0.2) is 0 Å². The zero-order chi connectivity index (χ0) is 21.3. The molecule has 6 nitrogen and oxygen atoms in total. The average Bonchev–Trinajstić information content (AvgIpc) is 2.81. The van der Waals surface area contributed by atoms with E-state index in [2.05, 4.69) is 5.32 Å². The summed E-state index contributed by atoms with van der Waals surface area (Å²) in [6, 6.07) is 15.3. The summed E-state index contributed by atoms with van der Waals surface area (Å²) in [6.45, 7) is 1.67. The molecular weight excluding hydrogens is 380 g/mol. The van der Waals surface area contributed by atoms with Crippen LogP contribution in [0.2, 0.25) is 0 Å². The van der Waals surface area contributed by atoms with Crippen LogP contribution in [0.3, 0.4) is 0 Å². The molecule has 0 spiro atoms. The molecule has 158 valence electrons. The summed E-state index contributed by atoms with van der Waals surface area (Å²) < 4.78 is 10.6. The molecule has 3 rings (SSSR count). The molecule has 0 aliphatic carbocycles. The number of hydrogen-bond acceptors (Lipinski definition) is 4. The predicted molar refractivity (Wildman–Crippen MR) is 116 cm³/mol. The zero-order valence-electron chi connectivity index (χ0n) is 17.5. The van der Waals surface area contributed by atoms with Gasteiger partial charge in [-0.2, -0.15) is 0 Å². The van der Waals surface area contributed by atoms with Crippen LogP contribution in [0.25, 0.3) is 6.08 Å². The van der Waals surface area contributed by atoms with E-state index < -0.39 is 0 Å². The number of likely N-dealkylation sites (tertiary alicyclic amines) is 1. The van der Waals surface area contributed by atoms with Gasteiger partial charge in [-0.1, -0.05) is 30.3 Å². The minimum atomic E-state index is -0.0667. The van der Waals surface area contributed by atoms with Gasteiger partial charge >= 0.3 is 0 Å². The number of hydrogen-bond donors (Lipinski definition) is 1. The van der Waals surface area contributed by atoms with Crippen molar-refractivity contribution in [3.05, 3.63) is 65.7 Å². The van der Waals surface area contributed by atoms with Crippen molar-refractivity contribution in [1.82, 2.24) is 10.2 Å². The highest BCUT2D eigenvalue weighted by Crippen LogP contribution is 2.25. The Labute approximate surface area is 177 Å². The van der Waals surface area contributed by atoms with Gasteiger partial charge in [-0.3, -0.25) is 9.59 Å². The molecule has 1 fully saturated rings. The molecule has 6 heteroatoms. The van der Waals surface area contributed by atoms with Gasteiger partial charge < -0.3 is 19.7 Å². The molecule has 2 amide bonds. The molecule has 1 aliphatic heterocycles. The monoisotopic (exact) mass is 408 g/mol. The predicted octanol–water partition coefficient (Wildman–Crippen LogP) is 3.27. The molecule has 1 aliphatic rings. The maximum atomic E-state index is 12.6. The largest absolute Gasteiger partial charge is 0.497 e. The lowest BCUT2D eigenvalue weighted by Gasteiger charge is -2.30. The van der Waals surface area contributed by atoms with E-state index in [9.17, 15) is 9.59 Å². The lowest BCUT2D eigenvalue weighted by Crippen LogP contribution is -2.42. The fraction of sp³-hybridized carbons (Fsp3) is 0.333. The second kappa shape index (κ2) is 10.5. The van der Waals surface area contributed by atoms with Crippen LogP contribution in [0.5, 0.6) is 11.5 Å². The van der Waals surface area contributed by atoms with Crippen LogP contribution in [-0.2, 0) is 16.1 Å². The van der Waals surface area contributed by atoms with Gasteiger partial charge in [0.05, 0.1) is 14.2 Å². The third-order valence-corrected chi connectivity index (χ3v) is 5.33. The standard InChI is InChI=1S/C24H28N2O4/c1-29-21-9-10-22(30-2)20(16-21)8-11-23(27)26-14-12-19(13-15-26)24(28)25-17-18-6-4-3-5-7-18/h3-11,16,19H,12-15,17H2,1-2H3,(H,25,28)/b11-8+. The van der Waals surface area contributed by atoms with Gasteiger partial charge in [0.25, 0.3) is 0 Å². The molecule has 0 saturated carbocycles. The first-order chi connectivity index (χ1) is 14.6. The number of rotatable bonds is 7. The maximum absolute atomic E-state index is 12.6. The van der Waals surface area contributed by atoms with E-state index in [0.717, 1.165) is 11.1 Å². The summed E-state index contributed by atoms with van der Waals surface area (Å²) in [5.41, 5.74) is 1.86. The van der Waals surface area contributed by atoms with Crippen LogP contribution < -0.4 is 14.8 Å². The van der Waals surface area contributed by atoms with E-state index >= 15 is 0 Å². The number of ether oxygens (including phenoxy) is 2. The Kier molecular flexibility index (Phi) is 7.49. The number of nitrogens with zero attached hydrogens (tertiary/aromatic N) is 1. The first-order valence-electron chi connectivity index (χ1n) is 10.1. The van der Waals surface area contributed by atoms with Crippen LogP contribution in [0.15, 0.2) is 54.6 Å². The average molecular weight is 408 g/mol. The summed E-state index contributed by atoms with van der Waals surface area (Å²) in [6.07, 6.45) is 4.63. The molecule has 30 heavy (non-hydrogen) atoms. The Bertz CT molecular complexity index is 887. The van der Waals surface area contributed by atoms with Crippen LogP contribution in [0.4, 0.5) is 0 Å². The van der Waals surface area contributed by atoms with Crippen molar-refractivity contribution >= 4 is 17.9 Å². The minimum Gasteiger partial charge on any atom is -0.497 e. The second-order valence-electron chi connectivity index (χ2n) is 7.24. The molecule has 1 saturated heterocycles. The molecule has 0 atom stereocenters. The molecular formula is C24H28N2O4. The number of methoxy groups -OCH3 is 2. The summed E-state index contributed by atoms with van der Waals surface area (Å²) in [5, 5.41) is 3.00. The third kappa shape index (κ3) is 5.63. The van der Waals surface area contributed by atoms with E-state index in [4.69, 9.17) is 9.47 Å². The third-order valence-electron chi connectivity index (χ3n) is 5.33. The second-order valence-corrected chi connectivity index (χ2v) is 7.24. The van der Waals surface area contributed by atoms with Crippen molar-refractivity contribution < 1.29 is 19.1 Å². The first kappa shape index (κ1) is 21.4. The number of carbonyl (C=O) groups is 2. The van der Waals surface area contributed by atoms with E-state index in [0.29, 0.717) is 44.0 Å². The smallest absolute Gasteiger partial charge is 0.246 e. The SMILES string of the molecule is COc1ccc(OC)c(/C=C/C(=O)N2CCC(C(=O)NCc3ccccc3)CC2)c1. The van der Waals surface area contributed by atoms with Gasteiger partial charge in [0.2, 0.25) is 11.8 Å². The van der Waals surface area contributed by atoms with Crippen LogP contribution in [-0.4, -0.2) is 44.0 Å². The lowest BCUT2D eigenvalue weighted by molar-refractivity contribution is -0.132. The van der Waals surface area contributed by atoms with Crippen LogP contribution in [0, 0.1) is 5.92 Å². The maximum Gasteiger partial charge on any atom is 0.246 e. The number of amides is 2. The Morgan fingerprint density at radius 1 is 1.07 bits per heavy atom. The van der Waals surface area contributed by atoms with Gasteiger partial charge in [0.1, 0.15) is 11.5 Å². The van der Waals surface area contributed by atoms with Crippen molar-refractivity contribution in [3.63, 3.8) is 0 Å². The van der Waals surface area contributed by atoms with E-state index in [1.54, 1.807) is 31.3 Å². The van der Waals surface area contributed by atoms with Gasteiger partial charge in [-0.05, 0) is 42.7 Å². The first-order valence-corrected chi connectivity index (χ1v) is 10.1. The van der Waals surface area contributed by atoms with E-state index in [1.807, 2.05) is 48.5 Å². The molecule has 1 N–H and O–H groups in total. The molecule has 1 heterocycles. The number of carbonyl (C=O) groups excluding carboxylic acids is 2. The molecule has 0 radical (unpaired) electrons. The molecule has 2 aromatic carbocycles. The Hall–Kier alpha value is -3.28. The van der Waals surface area contributed by atoms with Crippen molar-refractivity contribution in [1.29, 1.82) is 0 Å². The van der Waals surface area contributed by atoms with Gasteiger partial charge in [-0.15, -0.1) is 0 Å². The van der Waals surface area contributed by atoms with E-state index in [-0.39, 0.29) is 17.7 Å². The Morgan fingerprint density at radius 3 is 2.47 bits per heavy atom. The highest BCUT2D eigenvalue weighted by Gasteiger charge is 2.26. The summed E-state index contributed by atoms with van der Waals surface area (Å²) in [4.78, 5) is 26.8. The lowest BCUT2D eigenvalue weighted by atomic mass is 9.95. The van der Waals surface area contributed by atoms with Gasteiger partial charge in [0, 0.05) is 37.2 Å².